The fraction of sp³-hybridized carbons (Fsp3) is 0.160. The molecule has 2 aromatic carbocycles. The lowest BCUT2D eigenvalue weighted by atomic mass is 9.88. The molecule has 8 heteroatoms. The molecule has 0 radical (unpaired) electrons. The van der Waals surface area contributed by atoms with Crippen LogP contribution in [0.15, 0.2) is 94.5 Å². The van der Waals surface area contributed by atoms with Crippen molar-refractivity contribution >= 4 is 38.5 Å². The maximum absolute atomic E-state index is 13.1. The van der Waals surface area contributed by atoms with Gasteiger partial charge >= 0.3 is 5.82 Å². The Balaban J connectivity index is 1.62. The number of fused-ring (bicyclic) bond motifs is 1. The fourth-order valence-electron chi connectivity index (χ4n) is 3.95. The first-order chi connectivity index (χ1) is 16.0. The van der Waals surface area contributed by atoms with E-state index in [2.05, 4.69) is 33.6 Å². The molecule has 0 saturated heterocycles. The van der Waals surface area contributed by atoms with Crippen molar-refractivity contribution in [2.24, 2.45) is 4.36 Å². The Morgan fingerprint density at radius 2 is 1.67 bits per heavy atom. The summed E-state index contributed by atoms with van der Waals surface area (Å²) >= 11 is 5.93. The van der Waals surface area contributed by atoms with E-state index in [-0.39, 0.29) is 10.7 Å². The molecule has 0 fully saturated rings. The summed E-state index contributed by atoms with van der Waals surface area (Å²) in [5.74, 6) is 0.978. The molecule has 5 rings (SSSR count). The van der Waals surface area contributed by atoms with Gasteiger partial charge in [0.05, 0.1) is 17.3 Å². The standard InChI is InChI=1S/C25H21ClN4O2S/c26-20-10-12-21(13-11-20)33(31,32)29-24-25(28-23-9-5-4-8-22(23)27-24)30-16-14-19(15-17-30)18-6-2-1-3-7-18/h1-2,4-5,8-18H,3,6-7H2/p+1. The Morgan fingerprint density at radius 3 is 2.33 bits per heavy atom. The van der Waals surface area contributed by atoms with Gasteiger partial charge in [-0.2, -0.15) is 4.57 Å². The molecule has 166 valence electrons. The van der Waals surface area contributed by atoms with Crippen LogP contribution in [-0.4, -0.2) is 18.7 Å². The number of hydrogen-bond acceptors (Lipinski definition) is 4. The van der Waals surface area contributed by atoms with E-state index in [1.165, 1.54) is 17.7 Å². The van der Waals surface area contributed by atoms with Crippen molar-refractivity contribution in [3.63, 3.8) is 0 Å². The molecule has 2 heterocycles. The highest BCUT2D eigenvalue weighted by Gasteiger charge is 2.23. The van der Waals surface area contributed by atoms with Gasteiger partial charge < -0.3 is 0 Å². The van der Waals surface area contributed by atoms with E-state index in [1.54, 1.807) is 22.8 Å². The number of allylic oxidation sites excluding steroid dienone is 2. The predicted octanol–water partition coefficient (Wildman–Crippen LogP) is 6.02. The van der Waals surface area contributed by atoms with Gasteiger partial charge in [0.15, 0.2) is 10.0 Å². The molecule has 0 bridgehead atoms. The van der Waals surface area contributed by atoms with E-state index < -0.39 is 10.0 Å². The van der Waals surface area contributed by atoms with Crippen LogP contribution in [0, 0.1) is 0 Å². The SMILES string of the molecule is O=S(O)(=Nc1nc2ccccc2nc1-[n+]1ccc(C2CC=CCC2)cc1)c1ccc(Cl)cc1. The molecule has 0 amide bonds. The highest BCUT2D eigenvalue weighted by Crippen LogP contribution is 2.29. The van der Waals surface area contributed by atoms with Crippen LogP contribution in [0.2, 0.25) is 5.02 Å². The van der Waals surface area contributed by atoms with Crippen molar-refractivity contribution in [3.05, 3.63) is 95.8 Å². The van der Waals surface area contributed by atoms with Crippen molar-refractivity contribution < 1.29 is 13.3 Å². The minimum Gasteiger partial charge on any atom is -0.296 e. The van der Waals surface area contributed by atoms with Crippen LogP contribution in [-0.2, 0) is 10.0 Å². The molecule has 4 aromatic rings. The zero-order chi connectivity index (χ0) is 22.8. The summed E-state index contributed by atoms with van der Waals surface area (Å²) in [6.07, 6.45) is 11.5. The first-order valence-corrected chi connectivity index (χ1v) is 12.5. The second-order valence-electron chi connectivity index (χ2n) is 7.92. The fourth-order valence-corrected chi connectivity index (χ4v) is 5.02. The Bertz CT molecular complexity index is 1460. The molecular formula is C25H22ClN4O2S+. The molecule has 2 unspecified atom stereocenters. The Morgan fingerprint density at radius 1 is 0.970 bits per heavy atom. The summed E-state index contributed by atoms with van der Waals surface area (Å²) in [6.45, 7) is 0. The number of pyridine rings is 1. The van der Waals surface area contributed by atoms with Crippen LogP contribution < -0.4 is 4.57 Å². The third kappa shape index (κ3) is 4.66. The zero-order valence-corrected chi connectivity index (χ0v) is 19.3. The number of halogens is 1. The lowest BCUT2D eigenvalue weighted by molar-refractivity contribution is -0.598. The van der Waals surface area contributed by atoms with Crippen LogP contribution in [0.5, 0.6) is 0 Å². The van der Waals surface area contributed by atoms with Crippen molar-refractivity contribution in [2.45, 2.75) is 30.1 Å². The third-order valence-electron chi connectivity index (χ3n) is 5.71. The van der Waals surface area contributed by atoms with E-state index in [4.69, 9.17) is 16.6 Å². The van der Waals surface area contributed by atoms with E-state index >= 15 is 0 Å². The van der Waals surface area contributed by atoms with Crippen LogP contribution >= 0.6 is 11.6 Å². The average molecular weight is 478 g/mol. The zero-order valence-electron chi connectivity index (χ0n) is 17.7. The molecule has 1 N–H and O–H groups in total. The monoisotopic (exact) mass is 477 g/mol. The van der Waals surface area contributed by atoms with Crippen molar-refractivity contribution in [2.75, 3.05) is 0 Å². The number of hydrogen-bond donors (Lipinski definition) is 1. The Labute approximate surface area is 197 Å². The van der Waals surface area contributed by atoms with Gasteiger partial charge in [0, 0.05) is 5.02 Å². The van der Waals surface area contributed by atoms with E-state index in [1.807, 2.05) is 30.6 Å². The topological polar surface area (TPSA) is 79.3 Å². The predicted molar refractivity (Wildman–Crippen MR) is 129 cm³/mol. The highest BCUT2D eigenvalue weighted by atomic mass is 35.5. The van der Waals surface area contributed by atoms with Crippen LogP contribution in [0.1, 0.15) is 30.7 Å². The molecule has 6 nitrogen and oxygen atoms in total. The smallest absolute Gasteiger partial charge is 0.296 e. The van der Waals surface area contributed by atoms with Gasteiger partial charge in [-0.05, 0) is 84.3 Å². The van der Waals surface area contributed by atoms with Gasteiger partial charge in [-0.25, -0.2) is 9.19 Å². The molecule has 2 atom stereocenters. The summed E-state index contributed by atoms with van der Waals surface area (Å²) in [4.78, 5) is 9.44. The Hall–Kier alpha value is -3.13. The molecule has 1 aliphatic rings. The van der Waals surface area contributed by atoms with Gasteiger partial charge in [0.25, 0.3) is 5.82 Å². The number of benzene rings is 2. The van der Waals surface area contributed by atoms with Crippen molar-refractivity contribution in [1.82, 2.24) is 9.97 Å². The maximum atomic E-state index is 13.1. The summed E-state index contributed by atoms with van der Waals surface area (Å²) in [7, 11) is -3.76. The molecule has 0 saturated carbocycles. The molecular weight excluding hydrogens is 456 g/mol. The largest absolute Gasteiger partial charge is 0.374 e. The van der Waals surface area contributed by atoms with Crippen molar-refractivity contribution in [3.8, 4) is 5.82 Å². The number of rotatable bonds is 4. The minimum atomic E-state index is -3.76. The second-order valence-corrected chi connectivity index (χ2v) is 10.0. The van der Waals surface area contributed by atoms with Gasteiger partial charge in [0.2, 0.25) is 5.52 Å². The van der Waals surface area contributed by atoms with Crippen LogP contribution in [0.3, 0.4) is 0 Å². The molecule has 0 spiro atoms. The van der Waals surface area contributed by atoms with Crippen LogP contribution in [0.25, 0.3) is 16.9 Å². The Kier molecular flexibility index (Phi) is 5.93. The number of para-hydroxylation sites is 2. The van der Waals surface area contributed by atoms with E-state index in [0.717, 1.165) is 19.3 Å². The summed E-state index contributed by atoms with van der Waals surface area (Å²) < 4.78 is 29.8. The van der Waals surface area contributed by atoms with Gasteiger partial charge in [-0.1, -0.05) is 35.9 Å². The first kappa shape index (κ1) is 21.7. The summed E-state index contributed by atoms with van der Waals surface area (Å²) in [6, 6.07) is 17.6. The lowest BCUT2D eigenvalue weighted by Crippen LogP contribution is -2.31. The average Bonchev–Trinajstić information content (AvgIpc) is 2.84. The maximum Gasteiger partial charge on any atom is 0.374 e. The third-order valence-corrected chi connectivity index (χ3v) is 7.26. The second kappa shape index (κ2) is 9.02. The molecule has 33 heavy (non-hydrogen) atoms. The van der Waals surface area contributed by atoms with Crippen molar-refractivity contribution in [1.29, 1.82) is 0 Å². The molecule has 1 aliphatic carbocycles. The van der Waals surface area contributed by atoms with Gasteiger partial charge in [0.1, 0.15) is 5.52 Å². The van der Waals surface area contributed by atoms with E-state index in [0.29, 0.717) is 27.8 Å². The number of aromatic nitrogens is 3. The van der Waals surface area contributed by atoms with Gasteiger partial charge in [-0.15, -0.1) is 4.36 Å². The normalized spacial score (nSPS) is 17.6. The lowest BCUT2D eigenvalue weighted by Gasteiger charge is -2.17. The van der Waals surface area contributed by atoms with Crippen LogP contribution in [0.4, 0.5) is 5.82 Å². The van der Waals surface area contributed by atoms with Gasteiger partial charge in [-0.3, -0.25) is 4.55 Å². The molecule has 0 aliphatic heterocycles. The minimum absolute atomic E-state index is 0.0921. The van der Waals surface area contributed by atoms with E-state index in [9.17, 15) is 8.76 Å². The number of nitrogens with zero attached hydrogens (tertiary/aromatic N) is 4. The quantitative estimate of drug-likeness (QED) is 0.288. The molecule has 2 aromatic heterocycles. The first-order valence-electron chi connectivity index (χ1n) is 10.7. The highest BCUT2D eigenvalue weighted by molar-refractivity contribution is 7.88. The summed E-state index contributed by atoms with van der Waals surface area (Å²) in [5, 5.41) is 0.476. The summed E-state index contributed by atoms with van der Waals surface area (Å²) in [5.41, 5.74) is 2.53.